The maximum absolute atomic E-state index is 11.9. The number of hydrogen-bond acceptors (Lipinski definition) is 4. The summed E-state index contributed by atoms with van der Waals surface area (Å²) in [5, 5.41) is 0. The van der Waals surface area contributed by atoms with E-state index in [1.807, 2.05) is 6.07 Å². The second-order valence-corrected chi connectivity index (χ2v) is 5.57. The fraction of sp³-hybridized carbons (Fsp3) is 0.643. The van der Waals surface area contributed by atoms with Crippen LogP contribution in [0.15, 0.2) is 12.4 Å². The molecule has 1 aliphatic heterocycles. The van der Waals surface area contributed by atoms with Gasteiger partial charge in [0.05, 0.1) is 0 Å². The molecule has 5 nitrogen and oxygen atoms in total. The van der Waals surface area contributed by atoms with Gasteiger partial charge in [-0.05, 0) is 44.8 Å². The molecule has 0 bridgehead atoms. The minimum absolute atomic E-state index is 0.0654. The zero-order valence-electron chi connectivity index (χ0n) is 12.0. The number of carbonyl (C=O) groups is 1. The second-order valence-electron chi connectivity index (χ2n) is 5.57. The second kappa shape index (κ2) is 6.10. The molecule has 1 saturated heterocycles. The number of amides is 1. The Balaban J connectivity index is 2.04. The third kappa shape index (κ3) is 3.73. The van der Waals surface area contributed by atoms with Crippen LogP contribution in [0, 0.1) is 5.92 Å². The molecular formula is C14H22N4O. The molecule has 5 heteroatoms. The Kier molecular flexibility index (Phi) is 4.47. The summed E-state index contributed by atoms with van der Waals surface area (Å²) in [6.45, 7) is 2.30. The predicted molar refractivity (Wildman–Crippen MR) is 74.0 cm³/mol. The van der Waals surface area contributed by atoms with E-state index in [2.05, 4.69) is 21.9 Å². The van der Waals surface area contributed by atoms with Crippen LogP contribution in [-0.4, -0.2) is 59.9 Å². The number of rotatable bonds is 3. The first-order valence-corrected chi connectivity index (χ1v) is 6.77. The minimum atomic E-state index is -0.0654. The van der Waals surface area contributed by atoms with Crippen molar-refractivity contribution in [2.24, 2.45) is 5.92 Å². The lowest BCUT2D eigenvalue weighted by molar-refractivity contribution is 0.0821. The van der Waals surface area contributed by atoms with Gasteiger partial charge in [-0.25, -0.2) is 9.97 Å². The van der Waals surface area contributed by atoms with Crippen LogP contribution in [-0.2, 0) is 6.42 Å². The van der Waals surface area contributed by atoms with Gasteiger partial charge in [0.2, 0.25) is 0 Å². The van der Waals surface area contributed by atoms with Crippen molar-refractivity contribution < 1.29 is 4.79 Å². The number of aromatic nitrogens is 2. The first kappa shape index (κ1) is 13.9. The summed E-state index contributed by atoms with van der Waals surface area (Å²) in [5.41, 5.74) is 1.46. The molecular weight excluding hydrogens is 240 g/mol. The van der Waals surface area contributed by atoms with Crippen molar-refractivity contribution in [1.82, 2.24) is 19.8 Å². The maximum atomic E-state index is 11.9. The quantitative estimate of drug-likeness (QED) is 0.817. The van der Waals surface area contributed by atoms with Crippen molar-refractivity contribution in [2.45, 2.75) is 19.3 Å². The maximum Gasteiger partial charge on any atom is 0.272 e. The van der Waals surface area contributed by atoms with Gasteiger partial charge in [0.15, 0.2) is 0 Å². The van der Waals surface area contributed by atoms with Gasteiger partial charge in [-0.1, -0.05) is 0 Å². The lowest BCUT2D eigenvalue weighted by atomic mass is 9.93. The summed E-state index contributed by atoms with van der Waals surface area (Å²) in [5.74, 6) is 0.570. The molecule has 1 amide bonds. The summed E-state index contributed by atoms with van der Waals surface area (Å²) in [6, 6.07) is 1.83. The fourth-order valence-corrected chi connectivity index (χ4v) is 2.59. The molecule has 1 aromatic heterocycles. The van der Waals surface area contributed by atoms with E-state index in [1.165, 1.54) is 25.7 Å². The van der Waals surface area contributed by atoms with Gasteiger partial charge >= 0.3 is 0 Å². The highest BCUT2D eigenvalue weighted by Gasteiger charge is 2.19. The number of nitrogens with zero attached hydrogens (tertiary/aromatic N) is 4. The largest absolute Gasteiger partial charge is 0.343 e. The standard InChI is InChI=1S/C14H22N4O/c1-17(2)14(19)13-8-12(15-10-16-13)7-11-5-4-6-18(3)9-11/h8,10-11H,4-7,9H2,1-3H3/t11-/m1/s1. The Bertz CT molecular complexity index is 447. The summed E-state index contributed by atoms with van der Waals surface area (Å²) in [7, 11) is 5.63. The SMILES string of the molecule is CN1CCC[C@H](Cc2cc(C(=O)N(C)C)ncn2)C1. The van der Waals surface area contributed by atoms with E-state index in [-0.39, 0.29) is 5.91 Å². The van der Waals surface area contributed by atoms with E-state index < -0.39 is 0 Å². The highest BCUT2D eigenvalue weighted by atomic mass is 16.2. The molecule has 0 saturated carbocycles. The zero-order valence-corrected chi connectivity index (χ0v) is 12.0. The lowest BCUT2D eigenvalue weighted by Crippen LogP contribution is -2.33. The van der Waals surface area contributed by atoms with Crippen LogP contribution >= 0.6 is 0 Å². The van der Waals surface area contributed by atoms with Crippen molar-refractivity contribution >= 4 is 5.91 Å². The van der Waals surface area contributed by atoms with Crippen molar-refractivity contribution in [3.05, 3.63) is 23.8 Å². The average molecular weight is 262 g/mol. The normalized spacial score (nSPS) is 20.3. The van der Waals surface area contributed by atoms with E-state index in [9.17, 15) is 4.79 Å². The van der Waals surface area contributed by atoms with Crippen LogP contribution in [0.4, 0.5) is 0 Å². The van der Waals surface area contributed by atoms with Gasteiger partial charge in [-0.3, -0.25) is 4.79 Å². The summed E-state index contributed by atoms with van der Waals surface area (Å²) in [6.07, 6.45) is 4.92. The van der Waals surface area contributed by atoms with Crippen LogP contribution in [0.5, 0.6) is 0 Å². The van der Waals surface area contributed by atoms with E-state index in [0.717, 1.165) is 18.7 Å². The molecule has 0 radical (unpaired) electrons. The number of likely N-dealkylation sites (tertiary alicyclic amines) is 1. The molecule has 0 aromatic carbocycles. The average Bonchev–Trinajstić information content (AvgIpc) is 2.38. The zero-order chi connectivity index (χ0) is 13.8. The molecule has 1 atom stereocenters. The third-order valence-corrected chi connectivity index (χ3v) is 3.57. The Morgan fingerprint density at radius 2 is 2.26 bits per heavy atom. The number of carbonyl (C=O) groups excluding carboxylic acids is 1. The van der Waals surface area contributed by atoms with Crippen molar-refractivity contribution in [1.29, 1.82) is 0 Å². The van der Waals surface area contributed by atoms with Crippen molar-refractivity contribution in [3.8, 4) is 0 Å². The molecule has 104 valence electrons. The fourth-order valence-electron chi connectivity index (χ4n) is 2.59. The topological polar surface area (TPSA) is 49.3 Å². The van der Waals surface area contributed by atoms with E-state index in [1.54, 1.807) is 19.0 Å². The van der Waals surface area contributed by atoms with Crippen LogP contribution in [0.2, 0.25) is 0 Å². The first-order valence-electron chi connectivity index (χ1n) is 6.77. The number of piperidine rings is 1. The molecule has 0 N–H and O–H groups in total. The highest BCUT2D eigenvalue weighted by molar-refractivity contribution is 5.91. The van der Waals surface area contributed by atoms with Crippen LogP contribution in [0.25, 0.3) is 0 Å². The Morgan fingerprint density at radius 1 is 1.47 bits per heavy atom. The first-order chi connectivity index (χ1) is 9.06. The van der Waals surface area contributed by atoms with E-state index in [0.29, 0.717) is 11.6 Å². The van der Waals surface area contributed by atoms with Gasteiger partial charge in [-0.15, -0.1) is 0 Å². The summed E-state index contributed by atoms with van der Waals surface area (Å²) in [4.78, 5) is 24.1. The van der Waals surface area contributed by atoms with Gasteiger partial charge in [0.1, 0.15) is 12.0 Å². The number of hydrogen-bond donors (Lipinski definition) is 0. The van der Waals surface area contributed by atoms with Gasteiger partial charge in [0, 0.05) is 26.3 Å². The summed E-state index contributed by atoms with van der Waals surface area (Å²) >= 11 is 0. The third-order valence-electron chi connectivity index (χ3n) is 3.57. The van der Waals surface area contributed by atoms with Gasteiger partial charge < -0.3 is 9.80 Å². The van der Waals surface area contributed by atoms with Gasteiger partial charge in [-0.2, -0.15) is 0 Å². The molecule has 1 aromatic rings. The molecule has 1 aliphatic rings. The Hall–Kier alpha value is -1.49. The van der Waals surface area contributed by atoms with E-state index in [4.69, 9.17) is 0 Å². The van der Waals surface area contributed by atoms with E-state index >= 15 is 0 Å². The molecule has 19 heavy (non-hydrogen) atoms. The van der Waals surface area contributed by atoms with Crippen LogP contribution in [0.1, 0.15) is 29.0 Å². The van der Waals surface area contributed by atoms with Crippen molar-refractivity contribution in [2.75, 3.05) is 34.2 Å². The molecule has 2 rings (SSSR count). The van der Waals surface area contributed by atoms with Gasteiger partial charge in [0.25, 0.3) is 5.91 Å². The van der Waals surface area contributed by atoms with Crippen LogP contribution in [0.3, 0.4) is 0 Å². The molecule has 0 unspecified atom stereocenters. The van der Waals surface area contributed by atoms with Crippen LogP contribution < -0.4 is 0 Å². The minimum Gasteiger partial charge on any atom is -0.343 e. The Labute approximate surface area is 114 Å². The Morgan fingerprint density at radius 3 is 2.95 bits per heavy atom. The summed E-state index contributed by atoms with van der Waals surface area (Å²) < 4.78 is 0. The molecule has 2 heterocycles. The molecule has 0 spiro atoms. The highest BCUT2D eigenvalue weighted by Crippen LogP contribution is 2.19. The monoisotopic (exact) mass is 262 g/mol. The van der Waals surface area contributed by atoms with Crippen molar-refractivity contribution in [3.63, 3.8) is 0 Å². The predicted octanol–water partition coefficient (Wildman–Crippen LogP) is 1.06. The molecule has 1 fully saturated rings. The molecule has 0 aliphatic carbocycles. The lowest BCUT2D eigenvalue weighted by Gasteiger charge is -2.29. The smallest absolute Gasteiger partial charge is 0.272 e.